The Hall–Kier alpha value is -2.69. The second-order valence-electron chi connectivity index (χ2n) is 6.30. The van der Waals surface area contributed by atoms with Crippen LogP contribution in [0.1, 0.15) is 48.2 Å². The number of H-pyrrole nitrogens is 1. The number of amides is 1. The van der Waals surface area contributed by atoms with E-state index in [1.165, 1.54) is 6.07 Å². The van der Waals surface area contributed by atoms with Gasteiger partial charge in [0.2, 0.25) is 0 Å². The third-order valence-electron chi connectivity index (χ3n) is 3.32. The quantitative estimate of drug-likeness (QED) is 0.915. The third kappa shape index (κ3) is 4.39. The van der Waals surface area contributed by atoms with Crippen molar-refractivity contribution in [1.29, 1.82) is 0 Å². The Labute approximate surface area is 135 Å². The highest BCUT2D eigenvalue weighted by Crippen LogP contribution is 2.17. The molecule has 1 aromatic carbocycles. The molecule has 2 rings (SSSR count). The lowest BCUT2D eigenvalue weighted by molar-refractivity contribution is 0.0963. The van der Waals surface area contributed by atoms with Crippen molar-refractivity contribution in [3.63, 3.8) is 0 Å². The van der Waals surface area contributed by atoms with Crippen molar-refractivity contribution < 1.29 is 4.79 Å². The first kappa shape index (κ1) is 16.7. The van der Waals surface area contributed by atoms with Gasteiger partial charge in [-0.05, 0) is 23.8 Å². The lowest BCUT2D eigenvalue weighted by Gasteiger charge is -2.16. The lowest BCUT2D eigenvalue weighted by atomic mass is 9.95. The van der Waals surface area contributed by atoms with E-state index in [4.69, 9.17) is 0 Å². The Kier molecular flexibility index (Phi) is 4.79. The Morgan fingerprint density at radius 1 is 1.17 bits per heavy atom. The van der Waals surface area contributed by atoms with E-state index in [1.807, 2.05) is 39.0 Å². The van der Waals surface area contributed by atoms with Crippen LogP contribution in [0.15, 0.2) is 35.1 Å². The lowest BCUT2D eigenvalue weighted by Crippen LogP contribution is -2.22. The Bertz CT molecular complexity index is 781. The molecular formula is C18H21N3O2. The maximum atomic E-state index is 11.7. The standard InChI is InChI=1S/C18H21N3O2/c1-18(2,3)17-20-14(11-15(22)21-17)10-7-12-5-8-13(9-6-12)16(23)19-4/h5-11H,1-4H3,(H,19,23)(H,20,21,22). The minimum absolute atomic E-state index is 0.119. The minimum atomic E-state index is -0.224. The van der Waals surface area contributed by atoms with E-state index in [0.29, 0.717) is 17.1 Å². The fourth-order valence-electron chi connectivity index (χ4n) is 1.99. The number of carbonyl (C=O) groups excluding carboxylic acids is 1. The van der Waals surface area contributed by atoms with Crippen LogP contribution in [0.2, 0.25) is 0 Å². The van der Waals surface area contributed by atoms with Gasteiger partial charge in [-0.3, -0.25) is 9.59 Å². The summed E-state index contributed by atoms with van der Waals surface area (Å²) in [4.78, 5) is 30.5. The molecule has 0 radical (unpaired) electrons. The van der Waals surface area contributed by atoms with Crippen molar-refractivity contribution in [2.75, 3.05) is 7.05 Å². The van der Waals surface area contributed by atoms with Crippen LogP contribution >= 0.6 is 0 Å². The van der Waals surface area contributed by atoms with Gasteiger partial charge in [0.05, 0.1) is 5.69 Å². The molecule has 0 atom stereocenters. The maximum absolute atomic E-state index is 11.7. The van der Waals surface area contributed by atoms with Crippen LogP contribution in [0.4, 0.5) is 0 Å². The molecule has 0 aliphatic carbocycles. The second-order valence-corrected chi connectivity index (χ2v) is 6.30. The fourth-order valence-corrected chi connectivity index (χ4v) is 1.99. The topological polar surface area (TPSA) is 74.8 Å². The van der Waals surface area contributed by atoms with Gasteiger partial charge in [0.1, 0.15) is 5.82 Å². The van der Waals surface area contributed by atoms with Gasteiger partial charge in [-0.2, -0.15) is 0 Å². The zero-order valence-corrected chi connectivity index (χ0v) is 13.8. The van der Waals surface area contributed by atoms with Gasteiger partial charge in [-0.1, -0.05) is 39.0 Å². The van der Waals surface area contributed by atoms with Gasteiger partial charge in [-0.15, -0.1) is 0 Å². The molecule has 23 heavy (non-hydrogen) atoms. The summed E-state index contributed by atoms with van der Waals surface area (Å²) in [5.41, 5.74) is 1.75. The Morgan fingerprint density at radius 2 is 1.83 bits per heavy atom. The molecule has 0 fully saturated rings. The van der Waals surface area contributed by atoms with Crippen molar-refractivity contribution >= 4 is 18.1 Å². The predicted molar refractivity (Wildman–Crippen MR) is 92.3 cm³/mol. The van der Waals surface area contributed by atoms with Crippen molar-refractivity contribution in [1.82, 2.24) is 15.3 Å². The highest BCUT2D eigenvalue weighted by Gasteiger charge is 2.16. The van der Waals surface area contributed by atoms with Crippen LogP contribution in [0.5, 0.6) is 0 Å². The number of benzene rings is 1. The Morgan fingerprint density at radius 3 is 2.39 bits per heavy atom. The van der Waals surface area contributed by atoms with Crippen LogP contribution in [0.25, 0.3) is 12.2 Å². The number of nitrogens with one attached hydrogen (secondary N) is 2. The van der Waals surface area contributed by atoms with E-state index in [0.717, 1.165) is 5.56 Å². The molecule has 5 nitrogen and oxygen atoms in total. The number of aromatic nitrogens is 2. The molecule has 5 heteroatoms. The van der Waals surface area contributed by atoms with Crippen LogP contribution in [-0.2, 0) is 5.41 Å². The number of rotatable bonds is 3. The summed E-state index contributed by atoms with van der Waals surface area (Å²) in [6.45, 7) is 5.99. The second kappa shape index (κ2) is 6.60. The number of nitrogens with zero attached hydrogens (tertiary/aromatic N) is 1. The molecule has 120 valence electrons. The smallest absolute Gasteiger partial charge is 0.251 e. The first-order valence-electron chi connectivity index (χ1n) is 7.41. The van der Waals surface area contributed by atoms with Crippen molar-refractivity contribution in [3.05, 3.63) is 63.3 Å². The minimum Gasteiger partial charge on any atom is -0.355 e. The molecule has 0 bridgehead atoms. The summed E-state index contributed by atoms with van der Waals surface area (Å²) < 4.78 is 0. The summed E-state index contributed by atoms with van der Waals surface area (Å²) in [6.07, 6.45) is 3.65. The van der Waals surface area contributed by atoms with Crippen molar-refractivity contribution in [2.24, 2.45) is 0 Å². The van der Waals surface area contributed by atoms with Crippen LogP contribution in [0, 0.1) is 0 Å². The maximum Gasteiger partial charge on any atom is 0.251 e. The summed E-state index contributed by atoms with van der Waals surface area (Å²) in [6, 6.07) is 8.66. The molecular weight excluding hydrogens is 290 g/mol. The van der Waals surface area contributed by atoms with E-state index in [2.05, 4.69) is 15.3 Å². The largest absolute Gasteiger partial charge is 0.355 e. The molecule has 1 amide bonds. The van der Waals surface area contributed by atoms with Crippen molar-refractivity contribution in [2.45, 2.75) is 26.2 Å². The van der Waals surface area contributed by atoms with Gasteiger partial charge in [0.15, 0.2) is 0 Å². The summed E-state index contributed by atoms with van der Waals surface area (Å²) in [5.74, 6) is 0.534. The van der Waals surface area contributed by atoms with Gasteiger partial charge < -0.3 is 10.3 Å². The normalized spacial score (nSPS) is 11.7. The van der Waals surface area contributed by atoms with Crippen molar-refractivity contribution in [3.8, 4) is 0 Å². The van der Waals surface area contributed by atoms with E-state index >= 15 is 0 Å². The van der Waals surface area contributed by atoms with E-state index in [9.17, 15) is 9.59 Å². The van der Waals surface area contributed by atoms with Crippen LogP contribution in [-0.4, -0.2) is 22.9 Å². The Balaban J connectivity index is 2.25. The molecule has 0 spiro atoms. The zero-order chi connectivity index (χ0) is 17.0. The number of hydrogen-bond acceptors (Lipinski definition) is 3. The molecule has 0 aliphatic rings. The summed E-state index contributed by atoms with van der Waals surface area (Å²) in [5, 5.41) is 2.58. The highest BCUT2D eigenvalue weighted by atomic mass is 16.1. The molecule has 1 aromatic heterocycles. The highest BCUT2D eigenvalue weighted by molar-refractivity contribution is 5.94. The predicted octanol–water partition coefficient (Wildman–Crippen LogP) is 2.60. The summed E-state index contributed by atoms with van der Waals surface area (Å²) in [7, 11) is 1.60. The average molecular weight is 311 g/mol. The molecule has 1 heterocycles. The van der Waals surface area contributed by atoms with E-state index in [-0.39, 0.29) is 16.9 Å². The third-order valence-corrected chi connectivity index (χ3v) is 3.32. The fraction of sp³-hybridized carbons (Fsp3) is 0.278. The molecule has 0 unspecified atom stereocenters. The van der Waals surface area contributed by atoms with Gasteiger partial charge in [-0.25, -0.2) is 4.98 Å². The number of aromatic amines is 1. The van der Waals surface area contributed by atoms with Crippen LogP contribution < -0.4 is 10.9 Å². The zero-order valence-electron chi connectivity index (χ0n) is 13.8. The van der Waals surface area contributed by atoms with E-state index < -0.39 is 0 Å². The molecule has 0 saturated carbocycles. The average Bonchev–Trinajstić information content (AvgIpc) is 2.51. The van der Waals surface area contributed by atoms with Gasteiger partial charge in [0, 0.05) is 24.1 Å². The number of carbonyl (C=O) groups is 1. The van der Waals surface area contributed by atoms with Crippen LogP contribution in [0.3, 0.4) is 0 Å². The van der Waals surface area contributed by atoms with Gasteiger partial charge >= 0.3 is 0 Å². The molecule has 0 aliphatic heterocycles. The first-order valence-corrected chi connectivity index (χ1v) is 7.41. The van der Waals surface area contributed by atoms with E-state index in [1.54, 1.807) is 25.3 Å². The first-order chi connectivity index (χ1) is 10.8. The summed E-state index contributed by atoms with van der Waals surface area (Å²) >= 11 is 0. The van der Waals surface area contributed by atoms with Gasteiger partial charge in [0.25, 0.3) is 11.5 Å². The monoisotopic (exact) mass is 311 g/mol. The SMILES string of the molecule is CNC(=O)c1ccc(C=Cc2cc(=O)[nH]c(C(C)(C)C)n2)cc1. The number of hydrogen-bond donors (Lipinski definition) is 2. The molecule has 0 saturated heterocycles. The molecule has 2 aromatic rings. The molecule has 2 N–H and O–H groups in total.